The first-order valence-corrected chi connectivity index (χ1v) is 19.1. The highest BCUT2D eigenvalue weighted by Crippen LogP contribution is 2.51. The second kappa shape index (κ2) is 13.5. The van der Waals surface area contributed by atoms with E-state index in [1.807, 2.05) is 11.0 Å². The summed E-state index contributed by atoms with van der Waals surface area (Å²) in [5.41, 5.74) is 0.123. The summed E-state index contributed by atoms with van der Waals surface area (Å²) in [5.74, 6) is 0.133. The van der Waals surface area contributed by atoms with Crippen molar-refractivity contribution in [1.29, 1.82) is 0 Å². The summed E-state index contributed by atoms with van der Waals surface area (Å²) in [6.45, 7) is 5.71. The summed E-state index contributed by atoms with van der Waals surface area (Å²) in [6.07, 6.45) is 5.27. The summed E-state index contributed by atoms with van der Waals surface area (Å²) in [6, 6.07) is 13.8. The standard InChI is InChI=1S/C36H48F2N4O5S/c1-46-34(43)39-33-8-3-7-32(33)36(25-40-15-4-16-40,27-5-2-6-28(37)19-27)26-13-17-41(18-14-26)22-35(38)23-42(24-35)29-9-11-30(12-10-29)48(44,45)31-20-47-21-31/h2,5-6,9-12,19,26,31-33H,3-4,7-8,13-18,20-25H2,1H3,(H,39,43)/t32-,33-,36-/m0/s1. The van der Waals surface area contributed by atoms with Gasteiger partial charge in [-0.3, -0.25) is 4.90 Å². The minimum atomic E-state index is -3.40. The third-order valence-corrected chi connectivity index (χ3v) is 13.9. The lowest BCUT2D eigenvalue weighted by atomic mass is 9.57. The fraction of sp³-hybridized carbons (Fsp3) is 0.639. The van der Waals surface area contributed by atoms with Gasteiger partial charge in [-0.1, -0.05) is 18.6 Å². The van der Waals surface area contributed by atoms with Crippen LogP contribution in [0.15, 0.2) is 53.4 Å². The van der Waals surface area contributed by atoms with Crippen molar-refractivity contribution in [3.63, 3.8) is 0 Å². The number of alkyl carbamates (subject to hydrolysis) is 1. The number of sulfone groups is 1. The van der Waals surface area contributed by atoms with Gasteiger partial charge in [0.2, 0.25) is 0 Å². The van der Waals surface area contributed by atoms with Crippen LogP contribution < -0.4 is 10.2 Å². The van der Waals surface area contributed by atoms with Crippen molar-refractivity contribution >= 4 is 21.6 Å². The molecule has 12 heteroatoms. The van der Waals surface area contributed by atoms with Gasteiger partial charge < -0.3 is 24.6 Å². The van der Waals surface area contributed by atoms with Crippen molar-refractivity contribution < 1.29 is 31.5 Å². The Bertz CT molecular complexity index is 1560. The molecule has 0 aromatic heterocycles. The average molecular weight is 687 g/mol. The molecule has 0 radical (unpaired) electrons. The Hall–Kier alpha value is -2.80. The topological polar surface area (TPSA) is 91.4 Å². The largest absolute Gasteiger partial charge is 0.453 e. The van der Waals surface area contributed by atoms with Gasteiger partial charge in [-0.05, 0) is 112 Å². The number of alkyl halides is 1. The normalized spacial score (nSPS) is 26.6. The van der Waals surface area contributed by atoms with Gasteiger partial charge in [0.25, 0.3) is 0 Å². The number of rotatable bonds is 11. The summed E-state index contributed by atoms with van der Waals surface area (Å²) in [4.78, 5) is 19.4. The number of carbonyl (C=O) groups excluding carboxylic acids is 1. The summed E-state index contributed by atoms with van der Waals surface area (Å²) in [5, 5.41) is 2.65. The number of carbonyl (C=O) groups is 1. The zero-order valence-corrected chi connectivity index (χ0v) is 28.6. The molecule has 0 unspecified atom stereocenters. The number of halogens is 2. The first-order valence-electron chi connectivity index (χ1n) is 17.5. The molecule has 0 spiro atoms. The van der Waals surface area contributed by atoms with Crippen molar-refractivity contribution in [1.82, 2.24) is 15.1 Å². The van der Waals surface area contributed by atoms with Gasteiger partial charge in [-0.2, -0.15) is 0 Å². The predicted octanol–water partition coefficient (Wildman–Crippen LogP) is 4.41. The van der Waals surface area contributed by atoms with Crippen LogP contribution in [-0.2, 0) is 24.7 Å². The Morgan fingerprint density at radius 3 is 2.33 bits per heavy atom. The summed E-state index contributed by atoms with van der Waals surface area (Å²) >= 11 is 0. The average Bonchev–Trinajstić information content (AvgIpc) is 3.47. The van der Waals surface area contributed by atoms with Crippen LogP contribution in [0, 0.1) is 17.7 Å². The van der Waals surface area contributed by atoms with Gasteiger partial charge in [-0.25, -0.2) is 22.0 Å². The molecule has 5 aliphatic rings. The molecule has 2 aromatic carbocycles. The maximum Gasteiger partial charge on any atom is 0.407 e. The van der Waals surface area contributed by atoms with Gasteiger partial charge in [0.1, 0.15) is 11.1 Å². The Kier molecular flexibility index (Phi) is 9.47. The maximum atomic E-state index is 16.1. The highest BCUT2D eigenvalue weighted by Gasteiger charge is 2.54. The third-order valence-electron chi connectivity index (χ3n) is 11.8. The number of anilines is 1. The molecular formula is C36H48F2N4O5S. The van der Waals surface area contributed by atoms with E-state index in [0.717, 1.165) is 82.5 Å². The molecule has 7 rings (SSSR count). The van der Waals surface area contributed by atoms with E-state index in [9.17, 15) is 17.6 Å². The quantitative estimate of drug-likeness (QED) is 0.372. The molecule has 3 atom stereocenters. The van der Waals surface area contributed by atoms with Crippen molar-refractivity contribution in [3.8, 4) is 0 Å². The molecule has 4 saturated heterocycles. The zero-order chi connectivity index (χ0) is 33.5. The number of amides is 1. The van der Waals surface area contributed by atoms with Crippen LogP contribution in [0.3, 0.4) is 0 Å². The number of hydrogen-bond donors (Lipinski definition) is 1. The zero-order valence-electron chi connectivity index (χ0n) is 27.8. The first kappa shape index (κ1) is 33.7. The second-order valence-electron chi connectivity index (χ2n) is 14.7. The van der Waals surface area contributed by atoms with E-state index in [4.69, 9.17) is 9.47 Å². The molecule has 5 fully saturated rings. The molecule has 4 heterocycles. The van der Waals surface area contributed by atoms with E-state index >= 15 is 4.39 Å². The van der Waals surface area contributed by atoms with Crippen LogP contribution >= 0.6 is 0 Å². The van der Waals surface area contributed by atoms with E-state index in [2.05, 4.69) is 21.2 Å². The highest BCUT2D eigenvalue weighted by atomic mass is 32.2. The van der Waals surface area contributed by atoms with Gasteiger partial charge >= 0.3 is 6.09 Å². The van der Waals surface area contributed by atoms with E-state index in [0.29, 0.717) is 6.54 Å². The second-order valence-corrected chi connectivity index (χ2v) is 16.9. The number of hydrogen-bond acceptors (Lipinski definition) is 8. The minimum absolute atomic E-state index is 0.0588. The molecule has 4 aliphatic heterocycles. The Morgan fingerprint density at radius 1 is 1.00 bits per heavy atom. The number of ether oxygens (including phenoxy) is 2. The molecular weight excluding hydrogens is 638 g/mol. The van der Waals surface area contributed by atoms with Crippen LogP contribution in [0.25, 0.3) is 0 Å². The van der Waals surface area contributed by atoms with Crippen LogP contribution in [0.4, 0.5) is 19.3 Å². The van der Waals surface area contributed by atoms with Crippen molar-refractivity contribution in [2.45, 2.75) is 65.8 Å². The van der Waals surface area contributed by atoms with Crippen LogP contribution in [0.5, 0.6) is 0 Å². The number of methoxy groups -OCH3 is 1. The smallest absolute Gasteiger partial charge is 0.407 e. The van der Waals surface area contributed by atoms with E-state index in [1.165, 1.54) is 13.2 Å². The van der Waals surface area contributed by atoms with Gasteiger partial charge in [-0.15, -0.1) is 0 Å². The minimum Gasteiger partial charge on any atom is -0.453 e. The number of nitrogens with zero attached hydrogens (tertiary/aromatic N) is 3. The molecule has 1 amide bonds. The molecule has 1 saturated carbocycles. The molecule has 1 N–H and O–H groups in total. The fourth-order valence-corrected chi connectivity index (χ4v) is 10.5. The van der Waals surface area contributed by atoms with Crippen molar-refractivity contribution in [2.75, 3.05) is 77.6 Å². The monoisotopic (exact) mass is 686 g/mol. The van der Waals surface area contributed by atoms with Gasteiger partial charge in [0.05, 0.1) is 38.3 Å². The van der Waals surface area contributed by atoms with Crippen molar-refractivity contribution in [3.05, 3.63) is 59.9 Å². The third kappa shape index (κ3) is 6.45. The van der Waals surface area contributed by atoms with Crippen LogP contribution in [0.2, 0.25) is 0 Å². The number of benzene rings is 2. The lowest BCUT2D eigenvalue weighted by Gasteiger charge is -2.54. The predicted molar refractivity (Wildman–Crippen MR) is 179 cm³/mol. The lowest BCUT2D eigenvalue weighted by Crippen LogP contribution is -2.65. The molecule has 262 valence electrons. The molecule has 0 bridgehead atoms. The Balaban J connectivity index is 1.04. The van der Waals surface area contributed by atoms with E-state index in [-0.39, 0.29) is 60.3 Å². The Morgan fingerprint density at radius 2 is 1.73 bits per heavy atom. The Labute approximate surface area is 282 Å². The SMILES string of the molecule is COC(=O)N[C@H]1CCC[C@@H]1[C@](CN1CCC1)(c1cccc(F)c1)C1CCN(CC2(F)CN(c3ccc(S(=O)(=O)C4COC4)cc3)C2)CC1. The number of piperidine rings is 1. The van der Waals surface area contributed by atoms with E-state index in [1.54, 1.807) is 30.3 Å². The summed E-state index contributed by atoms with van der Waals surface area (Å²) < 4.78 is 66.5. The number of likely N-dealkylation sites (tertiary alicyclic amines) is 2. The van der Waals surface area contributed by atoms with Crippen LogP contribution in [-0.4, -0.2) is 114 Å². The molecule has 9 nitrogen and oxygen atoms in total. The first-order chi connectivity index (χ1) is 23.1. The van der Waals surface area contributed by atoms with Crippen LogP contribution in [0.1, 0.15) is 44.1 Å². The van der Waals surface area contributed by atoms with Gasteiger partial charge in [0, 0.05) is 30.2 Å². The number of nitrogens with one attached hydrogen (secondary N) is 1. The summed E-state index contributed by atoms with van der Waals surface area (Å²) in [7, 11) is -2.01. The molecule has 48 heavy (non-hydrogen) atoms. The molecule has 1 aliphatic carbocycles. The lowest BCUT2D eigenvalue weighted by molar-refractivity contribution is 0.00584. The highest BCUT2D eigenvalue weighted by molar-refractivity contribution is 7.92. The maximum absolute atomic E-state index is 16.1. The van der Waals surface area contributed by atoms with Gasteiger partial charge in [0.15, 0.2) is 15.5 Å². The van der Waals surface area contributed by atoms with Crippen molar-refractivity contribution in [2.24, 2.45) is 11.8 Å². The molecule has 2 aromatic rings. The van der Waals surface area contributed by atoms with E-state index < -0.39 is 26.8 Å². The fourth-order valence-electron chi connectivity index (χ4n) is 9.10.